The maximum atomic E-state index is 13.1. The van der Waals surface area contributed by atoms with Gasteiger partial charge < -0.3 is 9.64 Å². The van der Waals surface area contributed by atoms with Crippen LogP contribution in [0.5, 0.6) is 5.75 Å². The summed E-state index contributed by atoms with van der Waals surface area (Å²) in [5.41, 5.74) is 1.72. The number of ketones is 1. The van der Waals surface area contributed by atoms with Crippen molar-refractivity contribution in [3.05, 3.63) is 65.5 Å². The number of nitrogens with zero attached hydrogens (tertiary/aromatic N) is 2. The van der Waals surface area contributed by atoms with E-state index in [0.717, 1.165) is 31.6 Å². The van der Waals surface area contributed by atoms with Gasteiger partial charge in [-0.05, 0) is 48.4 Å². The fourth-order valence-corrected chi connectivity index (χ4v) is 3.40. The molecule has 0 radical (unpaired) electrons. The molecule has 2 aromatic rings. The van der Waals surface area contributed by atoms with Gasteiger partial charge >= 0.3 is 0 Å². The van der Waals surface area contributed by atoms with Crippen LogP contribution in [-0.4, -0.2) is 54.3 Å². The number of halogens is 1. The number of Topliss-reactive ketones (excluding diaryl/α,β-unsaturated/α-hetero) is 1. The van der Waals surface area contributed by atoms with Crippen molar-refractivity contribution in [2.45, 2.75) is 26.3 Å². The lowest BCUT2D eigenvalue weighted by Gasteiger charge is -2.22. The average Bonchev–Trinajstić information content (AvgIpc) is 2.99. The van der Waals surface area contributed by atoms with Crippen molar-refractivity contribution >= 4 is 11.7 Å². The molecule has 1 heterocycles. The first-order valence-corrected chi connectivity index (χ1v) is 10.1. The third-order valence-electron chi connectivity index (χ3n) is 5.12. The van der Waals surface area contributed by atoms with Gasteiger partial charge in [-0.15, -0.1) is 0 Å². The predicted molar refractivity (Wildman–Crippen MR) is 109 cm³/mol. The van der Waals surface area contributed by atoms with E-state index < -0.39 is 0 Å². The third-order valence-corrected chi connectivity index (χ3v) is 5.12. The van der Waals surface area contributed by atoms with Crippen molar-refractivity contribution in [2.75, 3.05) is 32.8 Å². The van der Waals surface area contributed by atoms with Crippen molar-refractivity contribution in [1.29, 1.82) is 0 Å². The average molecular weight is 398 g/mol. The minimum atomic E-state index is -0.229. The first-order chi connectivity index (χ1) is 14.0. The number of ether oxygens (including phenoxy) is 1. The number of carbonyl (C=O) groups is 2. The molecule has 1 aliphatic rings. The van der Waals surface area contributed by atoms with Crippen LogP contribution < -0.4 is 4.74 Å². The van der Waals surface area contributed by atoms with Crippen molar-refractivity contribution < 1.29 is 18.7 Å². The van der Waals surface area contributed by atoms with Crippen LogP contribution in [0.15, 0.2) is 48.5 Å². The number of rotatable bonds is 7. The molecule has 0 spiro atoms. The number of benzene rings is 2. The normalized spacial score (nSPS) is 15.0. The number of hydrogen-bond acceptors (Lipinski definition) is 4. The molecular weight excluding hydrogens is 371 g/mol. The van der Waals surface area contributed by atoms with E-state index in [-0.39, 0.29) is 24.1 Å². The third kappa shape index (κ3) is 6.12. The van der Waals surface area contributed by atoms with Crippen LogP contribution in [-0.2, 0) is 11.3 Å². The molecule has 0 atom stereocenters. The highest BCUT2D eigenvalue weighted by atomic mass is 19.1. The summed E-state index contributed by atoms with van der Waals surface area (Å²) in [7, 11) is 0. The topological polar surface area (TPSA) is 49.9 Å². The number of amides is 1. The smallest absolute Gasteiger partial charge is 0.260 e. The fourth-order valence-electron chi connectivity index (χ4n) is 3.40. The van der Waals surface area contributed by atoms with Gasteiger partial charge in [0.1, 0.15) is 11.6 Å². The molecule has 1 aliphatic heterocycles. The summed E-state index contributed by atoms with van der Waals surface area (Å²) in [5, 5.41) is 0. The quantitative estimate of drug-likeness (QED) is 0.670. The minimum absolute atomic E-state index is 0.0148. The zero-order valence-electron chi connectivity index (χ0n) is 16.8. The summed E-state index contributed by atoms with van der Waals surface area (Å²) >= 11 is 0. The molecule has 0 bridgehead atoms. The van der Waals surface area contributed by atoms with Crippen LogP contribution >= 0.6 is 0 Å². The van der Waals surface area contributed by atoms with Crippen molar-refractivity contribution in [1.82, 2.24) is 9.80 Å². The van der Waals surface area contributed by atoms with Crippen molar-refractivity contribution in [3.8, 4) is 5.75 Å². The second-order valence-electron chi connectivity index (χ2n) is 7.23. The van der Waals surface area contributed by atoms with Gasteiger partial charge in [-0.3, -0.25) is 14.5 Å². The molecule has 3 rings (SSSR count). The van der Waals surface area contributed by atoms with Gasteiger partial charge in [0.25, 0.3) is 5.91 Å². The van der Waals surface area contributed by atoms with E-state index in [4.69, 9.17) is 4.74 Å². The van der Waals surface area contributed by atoms with E-state index in [1.165, 1.54) is 12.1 Å². The van der Waals surface area contributed by atoms with E-state index in [2.05, 4.69) is 4.90 Å². The Hall–Kier alpha value is -2.73. The molecule has 0 N–H and O–H groups in total. The second kappa shape index (κ2) is 10.2. The Labute approximate surface area is 171 Å². The highest BCUT2D eigenvalue weighted by molar-refractivity contribution is 5.95. The molecular formula is C23H27FN2O3. The lowest BCUT2D eigenvalue weighted by atomic mass is 10.1. The van der Waals surface area contributed by atoms with Crippen LogP contribution in [0.3, 0.4) is 0 Å². The van der Waals surface area contributed by atoms with E-state index in [0.29, 0.717) is 30.8 Å². The van der Waals surface area contributed by atoms with Crippen LogP contribution in [0.25, 0.3) is 0 Å². The van der Waals surface area contributed by atoms with Gasteiger partial charge in [-0.2, -0.15) is 0 Å². The molecule has 0 aromatic heterocycles. The Bertz CT molecular complexity index is 821. The summed E-state index contributed by atoms with van der Waals surface area (Å²) in [6.45, 7) is 5.58. The fraction of sp³-hybridized carbons (Fsp3) is 0.391. The Balaban J connectivity index is 1.46. The van der Waals surface area contributed by atoms with Crippen molar-refractivity contribution in [2.24, 2.45) is 0 Å². The highest BCUT2D eigenvalue weighted by Gasteiger charge is 2.19. The molecule has 1 amide bonds. The van der Waals surface area contributed by atoms with Gasteiger partial charge in [-0.1, -0.05) is 19.1 Å². The molecule has 5 nitrogen and oxygen atoms in total. The molecule has 2 aromatic carbocycles. The summed E-state index contributed by atoms with van der Waals surface area (Å²) in [4.78, 5) is 28.3. The van der Waals surface area contributed by atoms with Crippen LogP contribution in [0.1, 0.15) is 35.7 Å². The lowest BCUT2D eigenvalue weighted by molar-refractivity contribution is -0.133. The largest absolute Gasteiger partial charge is 0.484 e. The predicted octanol–water partition coefficient (Wildman–Crippen LogP) is 3.53. The van der Waals surface area contributed by atoms with Gasteiger partial charge in [0.2, 0.25) is 0 Å². The number of carbonyl (C=O) groups excluding carboxylic acids is 2. The summed E-state index contributed by atoms with van der Waals surface area (Å²) in [5.74, 6) is 0.400. The summed E-state index contributed by atoms with van der Waals surface area (Å²) < 4.78 is 18.7. The molecule has 0 aliphatic carbocycles. The Morgan fingerprint density at radius 1 is 0.966 bits per heavy atom. The SMILES string of the molecule is CCC(=O)c1ccc(OCC(=O)N2CCCN(Cc3ccc(F)cc3)CC2)cc1. The van der Waals surface area contributed by atoms with Crippen molar-refractivity contribution in [3.63, 3.8) is 0 Å². The molecule has 0 saturated carbocycles. The van der Waals surface area contributed by atoms with Gasteiger partial charge in [0, 0.05) is 44.7 Å². The van der Waals surface area contributed by atoms with Gasteiger partial charge in [0.05, 0.1) is 0 Å². The Morgan fingerprint density at radius 2 is 1.69 bits per heavy atom. The highest BCUT2D eigenvalue weighted by Crippen LogP contribution is 2.14. The van der Waals surface area contributed by atoms with E-state index >= 15 is 0 Å². The van der Waals surface area contributed by atoms with E-state index in [9.17, 15) is 14.0 Å². The Kier molecular flexibility index (Phi) is 7.36. The van der Waals surface area contributed by atoms with Gasteiger partial charge in [0.15, 0.2) is 12.4 Å². The van der Waals surface area contributed by atoms with Crippen LogP contribution in [0, 0.1) is 5.82 Å². The summed E-state index contributed by atoms with van der Waals surface area (Å²) in [6, 6.07) is 13.5. The second-order valence-corrected chi connectivity index (χ2v) is 7.23. The minimum Gasteiger partial charge on any atom is -0.484 e. The zero-order valence-corrected chi connectivity index (χ0v) is 16.8. The summed E-state index contributed by atoms with van der Waals surface area (Å²) in [6.07, 6.45) is 1.35. The van der Waals surface area contributed by atoms with Crippen LogP contribution in [0.2, 0.25) is 0 Å². The van der Waals surface area contributed by atoms with E-state index in [1.807, 2.05) is 11.8 Å². The van der Waals surface area contributed by atoms with Gasteiger partial charge in [-0.25, -0.2) is 4.39 Å². The lowest BCUT2D eigenvalue weighted by Crippen LogP contribution is -2.38. The molecule has 1 saturated heterocycles. The van der Waals surface area contributed by atoms with Crippen LogP contribution in [0.4, 0.5) is 4.39 Å². The molecule has 154 valence electrons. The Morgan fingerprint density at radius 3 is 2.38 bits per heavy atom. The molecule has 6 heteroatoms. The van der Waals surface area contributed by atoms with E-state index in [1.54, 1.807) is 36.4 Å². The molecule has 0 unspecified atom stereocenters. The zero-order chi connectivity index (χ0) is 20.6. The first-order valence-electron chi connectivity index (χ1n) is 10.1. The first kappa shape index (κ1) is 21.0. The maximum absolute atomic E-state index is 13.1. The monoisotopic (exact) mass is 398 g/mol. The standard InChI is InChI=1S/C23H27FN2O3/c1-2-22(27)19-6-10-21(11-7-19)29-17-23(28)26-13-3-12-25(14-15-26)16-18-4-8-20(24)9-5-18/h4-11H,2-3,12-17H2,1H3. The maximum Gasteiger partial charge on any atom is 0.260 e. The molecule has 1 fully saturated rings. The number of hydrogen-bond donors (Lipinski definition) is 0. The molecule has 29 heavy (non-hydrogen) atoms.